The SMILES string of the molecule is C=CC1=C(C)c2ccccc2C1=N[C@@H](C(=O)OCCCC)[C@@H](NC(=O)OC(C)(C)C)c1ccccc1. The number of unbranched alkanes of at least 4 members (excludes halogenated alkanes) is 1. The number of hydrogen-bond donors (Lipinski definition) is 1. The molecule has 0 bridgehead atoms. The van der Waals surface area contributed by atoms with Crippen LogP contribution in [0.4, 0.5) is 4.79 Å². The van der Waals surface area contributed by atoms with Gasteiger partial charge < -0.3 is 14.8 Å². The Morgan fingerprint density at radius 2 is 1.69 bits per heavy atom. The molecule has 0 heterocycles. The van der Waals surface area contributed by atoms with Crippen LogP contribution in [0.3, 0.4) is 0 Å². The lowest BCUT2D eigenvalue weighted by Gasteiger charge is -2.27. The third kappa shape index (κ3) is 6.51. The van der Waals surface area contributed by atoms with Crippen LogP contribution in [0, 0.1) is 0 Å². The Balaban J connectivity index is 2.12. The number of esters is 1. The molecule has 1 amide bonds. The van der Waals surface area contributed by atoms with Gasteiger partial charge in [0.25, 0.3) is 0 Å². The summed E-state index contributed by atoms with van der Waals surface area (Å²) in [6.45, 7) is 13.7. The third-order valence-electron chi connectivity index (χ3n) is 5.85. The van der Waals surface area contributed by atoms with E-state index in [-0.39, 0.29) is 6.61 Å². The van der Waals surface area contributed by atoms with Crippen LogP contribution in [0.2, 0.25) is 0 Å². The maximum Gasteiger partial charge on any atom is 0.408 e. The van der Waals surface area contributed by atoms with Gasteiger partial charge in [0.2, 0.25) is 0 Å². The van der Waals surface area contributed by atoms with Crippen LogP contribution in [-0.4, -0.2) is 36.0 Å². The highest BCUT2D eigenvalue weighted by atomic mass is 16.6. The van der Waals surface area contributed by atoms with Gasteiger partial charge in [-0.1, -0.05) is 80.6 Å². The lowest BCUT2D eigenvalue weighted by Crippen LogP contribution is -2.43. The fourth-order valence-corrected chi connectivity index (χ4v) is 4.12. The van der Waals surface area contributed by atoms with Crippen LogP contribution in [-0.2, 0) is 14.3 Å². The predicted octanol–water partition coefficient (Wildman–Crippen LogP) is 6.43. The monoisotopic (exact) mass is 488 g/mol. The van der Waals surface area contributed by atoms with Crippen molar-refractivity contribution < 1.29 is 19.1 Å². The number of nitrogens with zero attached hydrogens (tertiary/aromatic N) is 1. The number of hydrogen-bond acceptors (Lipinski definition) is 5. The Kier molecular flexibility index (Phi) is 8.86. The van der Waals surface area contributed by atoms with Crippen molar-refractivity contribution in [1.82, 2.24) is 5.32 Å². The summed E-state index contributed by atoms with van der Waals surface area (Å²) in [5.41, 5.74) is 4.52. The van der Waals surface area contributed by atoms with Gasteiger partial charge in [0.1, 0.15) is 5.60 Å². The van der Waals surface area contributed by atoms with Gasteiger partial charge >= 0.3 is 12.1 Å². The second-order valence-corrected chi connectivity index (χ2v) is 9.77. The molecule has 0 saturated carbocycles. The molecule has 2 atom stereocenters. The van der Waals surface area contributed by atoms with E-state index in [1.807, 2.05) is 68.4 Å². The van der Waals surface area contributed by atoms with Crippen molar-refractivity contribution in [3.8, 4) is 0 Å². The second kappa shape index (κ2) is 11.8. The minimum absolute atomic E-state index is 0.282. The molecule has 0 aromatic heterocycles. The topological polar surface area (TPSA) is 77.0 Å². The zero-order valence-corrected chi connectivity index (χ0v) is 21.8. The molecule has 190 valence electrons. The Labute approximate surface area is 214 Å². The van der Waals surface area contributed by atoms with Crippen LogP contribution in [0.25, 0.3) is 5.57 Å². The molecule has 1 aliphatic rings. The number of aliphatic imine (C=N–C) groups is 1. The lowest BCUT2D eigenvalue weighted by molar-refractivity contribution is -0.146. The number of rotatable bonds is 9. The predicted molar refractivity (Wildman–Crippen MR) is 144 cm³/mol. The van der Waals surface area contributed by atoms with E-state index in [1.165, 1.54) is 0 Å². The largest absolute Gasteiger partial charge is 0.464 e. The summed E-state index contributed by atoms with van der Waals surface area (Å²) < 4.78 is 11.2. The molecule has 0 spiro atoms. The molecule has 3 rings (SSSR count). The lowest BCUT2D eigenvalue weighted by atomic mass is 9.98. The number of allylic oxidation sites excluding steroid dienone is 3. The first kappa shape index (κ1) is 26.9. The van der Waals surface area contributed by atoms with Crippen LogP contribution in [0.1, 0.15) is 70.2 Å². The van der Waals surface area contributed by atoms with E-state index in [0.717, 1.165) is 40.7 Å². The highest BCUT2D eigenvalue weighted by Crippen LogP contribution is 2.35. The van der Waals surface area contributed by atoms with Crippen molar-refractivity contribution in [3.05, 3.63) is 89.5 Å². The molecular weight excluding hydrogens is 452 g/mol. The maximum atomic E-state index is 13.5. The van der Waals surface area contributed by atoms with E-state index in [9.17, 15) is 9.59 Å². The number of carbonyl (C=O) groups excluding carboxylic acids is 2. The second-order valence-electron chi connectivity index (χ2n) is 9.77. The average molecular weight is 489 g/mol. The molecule has 1 aliphatic carbocycles. The van der Waals surface area contributed by atoms with Gasteiger partial charge in [0.15, 0.2) is 6.04 Å². The number of ether oxygens (including phenoxy) is 2. The van der Waals surface area contributed by atoms with Gasteiger partial charge in [-0.05, 0) is 50.8 Å². The minimum Gasteiger partial charge on any atom is -0.464 e. The molecule has 1 N–H and O–H groups in total. The minimum atomic E-state index is -1.04. The van der Waals surface area contributed by atoms with Gasteiger partial charge in [-0.2, -0.15) is 0 Å². The first-order chi connectivity index (χ1) is 17.2. The fraction of sp³-hybridized carbons (Fsp3) is 0.367. The Morgan fingerprint density at radius 3 is 2.31 bits per heavy atom. The molecule has 0 radical (unpaired) electrons. The van der Waals surface area contributed by atoms with E-state index in [1.54, 1.807) is 26.8 Å². The first-order valence-corrected chi connectivity index (χ1v) is 12.4. The van der Waals surface area contributed by atoms with Crippen LogP contribution in [0.15, 0.2) is 77.8 Å². The summed E-state index contributed by atoms with van der Waals surface area (Å²) in [6.07, 6.45) is 2.75. The van der Waals surface area contributed by atoms with E-state index in [0.29, 0.717) is 5.71 Å². The fourth-order valence-electron chi connectivity index (χ4n) is 4.12. The summed E-state index contributed by atoms with van der Waals surface area (Å²) in [5.74, 6) is -0.508. The van der Waals surface area contributed by atoms with E-state index >= 15 is 0 Å². The van der Waals surface area contributed by atoms with Gasteiger partial charge in [0.05, 0.1) is 18.4 Å². The summed E-state index contributed by atoms with van der Waals surface area (Å²) in [7, 11) is 0. The quantitative estimate of drug-likeness (QED) is 0.326. The summed E-state index contributed by atoms with van der Waals surface area (Å²) in [6, 6.07) is 15.4. The molecule has 36 heavy (non-hydrogen) atoms. The summed E-state index contributed by atoms with van der Waals surface area (Å²) >= 11 is 0. The van der Waals surface area contributed by atoms with Crippen LogP contribution < -0.4 is 5.32 Å². The molecular formula is C30H36N2O4. The van der Waals surface area contributed by atoms with E-state index < -0.39 is 29.7 Å². The summed E-state index contributed by atoms with van der Waals surface area (Å²) in [4.78, 5) is 31.4. The number of nitrogens with one attached hydrogen (secondary N) is 1. The van der Waals surface area contributed by atoms with Gasteiger partial charge in [-0.3, -0.25) is 4.99 Å². The van der Waals surface area contributed by atoms with Crippen LogP contribution >= 0.6 is 0 Å². The Morgan fingerprint density at radius 1 is 1.06 bits per heavy atom. The number of alkyl carbamates (subject to hydrolysis) is 1. The number of amides is 1. The molecule has 6 heteroatoms. The third-order valence-corrected chi connectivity index (χ3v) is 5.85. The van der Waals surface area contributed by atoms with Crippen molar-refractivity contribution in [2.24, 2.45) is 4.99 Å². The molecule has 2 aromatic rings. The van der Waals surface area contributed by atoms with Gasteiger partial charge in [-0.25, -0.2) is 9.59 Å². The van der Waals surface area contributed by atoms with Crippen LogP contribution in [0.5, 0.6) is 0 Å². The summed E-state index contributed by atoms with van der Waals surface area (Å²) in [5, 5.41) is 2.89. The zero-order valence-electron chi connectivity index (χ0n) is 21.8. The Hall–Kier alpha value is -3.67. The van der Waals surface area contributed by atoms with Crippen molar-refractivity contribution in [1.29, 1.82) is 0 Å². The Bertz CT molecular complexity index is 1160. The molecule has 0 aliphatic heterocycles. The molecule has 0 saturated heterocycles. The molecule has 2 aromatic carbocycles. The highest BCUT2D eigenvalue weighted by Gasteiger charge is 2.35. The van der Waals surface area contributed by atoms with Crippen molar-refractivity contribution >= 4 is 23.3 Å². The first-order valence-electron chi connectivity index (χ1n) is 12.4. The molecule has 0 unspecified atom stereocenters. The maximum absolute atomic E-state index is 13.5. The van der Waals surface area contributed by atoms with Gasteiger partial charge in [0, 0.05) is 11.1 Å². The normalized spacial score (nSPS) is 15.8. The van der Waals surface area contributed by atoms with E-state index in [4.69, 9.17) is 14.5 Å². The average Bonchev–Trinajstić information content (AvgIpc) is 3.11. The van der Waals surface area contributed by atoms with Gasteiger partial charge in [-0.15, -0.1) is 0 Å². The number of carbonyl (C=O) groups is 2. The highest BCUT2D eigenvalue weighted by molar-refractivity contribution is 6.25. The van der Waals surface area contributed by atoms with Crippen molar-refractivity contribution in [2.45, 2.75) is 65.1 Å². The van der Waals surface area contributed by atoms with E-state index in [2.05, 4.69) is 11.9 Å². The van der Waals surface area contributed by atoms with Crippen molar-refractivity contribution in [3.63, 3.8) is 0 Å². The van der Waals surface area contributed by atoms with Crippen molar-refractivity contribution in [2.75, 3.05) is 6.61 Å². The molecule has 6 nitrogen and oxygen atoms in total. The number of fused-ring (bicyclic) bond motifs is 1. The zero-order chi connectivity index (χ0) is 26.3. The smallest absolute Gasteiger partial charge is 0.408 e. The number of benzene rings is 2. The standard InChI is InChI=1S/C30H36N2O4/c1-7-9-19-35-28(33)27(31-26-22(8-2)20(3)23-17-13-14-18-24(23)26)25(21-15-11-10-12-16-21)32-29(34)36-30(4,5)6/h8,10-18,25,27H,2,7,9,19H2,1,3-6H3,(H,32,34)/t25-,27+/m0/s1. The molecule has 0 fully saturated rings.